The van der Waals surface area contributed by atoms with E-state index in [-0.39, 0.29) is 12.1 Å². The van der Waals surface area contributed by atoms with Crippen LogP contribution in [0.4, 0.5) is 0 Å². The van der Waals surface area contributed by atoms with E-state index >= 15 is 0 Å². The van der Waals surface area contributed by atoms with Crippen LogP contribution < -0.4 is 4.74 Å². The highest BCUT2D eigenvalue weighted by Gasteiger charge is 2.72. The first-order valence-corrected chi connectivity index (χ1v) is 8.39. The van der Waals surface area contributed by atoms with Crippen molar-refractivity contribution in [3.8, 4) is 5.75 Å². The van der Waals surface area contributed by atoms with Gasteiger partial charge < -0.3 is 19.8 Å². The maximum Gasteiger partial charge on any atom is 0.137 e. The highest BCUT2D eigenvalue weighted by molar-refractivity contribution is 5.60. The van der Waals surface area contributed by atoms with Crippen molar-refractivity contribution in [1.82, 2.24) is 4.90 Å². The Kier molecular flexibility index (Phi) is 2.34. The molecule has 22 heavy (non-hydrogen) atoms. The first-order chi connectivity index (χ1) is 10.5. The van der Waals surface area contributed by atoms with Gasteiger partial charge in [-0.25, -0.2) is 0 Å². The minimum absolute atomic E-state index is 0.126. The lowest BCUT2D eigenvalue weighted by Crippen LogP contribution is -2.76. The molecule has 2 fully saturated rings. The molecule has 2 N–H and O–H groups in total. The Balaban J connectivity index is 1.86. The molecule has 2 aliphatic heterocycles. The first kappa shape index (κ1) is 13.3. The molecule has 2 aliphatic carbocycles. The second kappa shape index (κ2) is 3.86. The van der Waals surface area contributed by atoms with Gasteiger partial charge in [0.15, 0.2) is 0 Å². The Morgan fingerprint density at radius 1 is 1.32 bits per heavy atom. The van der Waals surface area contributed by atoms with Crippen LogP contribution in [0.5, 0.6) is 5.75 Å². The number of hydrogen-bond donors (Lipinski definition) is 2. The highest BCUT2D eigenvalue weighted by Crippen LogP contribution is 2.64. The summed E-state index contributed by atoms with van der Waals surface area (Å²) < 4.78 is 6.29. The van der Waals surface area contributed by atoms with Crippen LogP contribution in [0.3, 0.4) is 0 Å². The zero-order chi connectivity index (χ0) is 15.3. The monoisotopic (exact) mass is 301 g/mol. The lowest BCUT2D eigenvalue weighted by Gasteiger charge is -2.63. The zero-order valence-electron chi connectivity index (χ0n) is 13.2. The Morgan fingerprint density at radius 3 is 2.95 bits per heavy atom. The predicted molar refractivity (Wildman–Crippen MR) is 82.2 cm³/mol. The molecule has 5 rings (SSSR count). The zero-order valence-corrected chi connectivity index (χ0v) is 13.2. The first-order valence-electron chi connectivity index (χ1n) is 8.39. The SMILES string of the molecule is Cc1ccc2c3c1OC1C(O)CC[C@]4(O)[C@H](C2)N(C)CCC314. The third-order valence-electron chi connectivity index (χ3n) is 6.92. The molecular weight excluding hydrogens is 278 g/mol. The smallest absolute Gasteiger partial charge is 0.137 e. The quantitative estimate of drug-likeness (QED) is 0.754. The van der Waals surface area contributed by atoms with Crippen molar-refractivity contribution in [2.45, 2.75) is 61.9 Å². The lowest BCUT2D eigenvalue weighted by molar-refractivity contribution is -0.204. The third-order valence-corrected chi connectivity index (χ3v) is 6.92. The van der Waals surface area contributed by atoms with Crippen molar-refractivity contribution < 1.29 is 14.9 Å². The molecule has 0 amide bonds. The lowest BCUT2D eigenvalue weighted by atomic mass is 9.48. The van der Waals surface area contributed by atoms with Gasteiger partial charge in [0.1, 0.15) is 11.9 Å². The second-order valence-electron chi connectivity index (χ2n) is 7.74. The van der Waals surface area contributed by atoms with Crippen LogP contribution in [-0.2, 0) is 11.8 Å². The molecule has 1 saturated carbocycles. The van der Waals surface area contributed by atoms with Crippen molar-refractivity contribution in [2.75, 3.05) is 13.6 Å². The highest BCUT2D eigenvalue weighted by atomic mass is 16.5. The topological polar surface area (TPSA) is 52.9 Å². The van der Waals surface area contributed by atoms with Crippen LogP contribution in [-0.4, -0.2) is 52.6 Å². The summed E-state index contributed by atoms with van der Waals surface area (Å²) in [4.78, 5) is 2.31. The van der Waals surface area contributed by atoms with Gasteiger partial charge in [-0.2, -0.15) is 0 Å². The summed E-state index contributed by atoms with van der Waals surface area (Å²) in [5.41, 5.74) is 2.43. The largest absolute Gasteiger partial charge is 0.486 e. The molecule has 5 atom stereocenters. The molecule has 0 radical (unpaired) electrons. The van der Waals surface area contributed by atoms with Crippen molar-refractivity contribution in [3.05, 3.63) is 28.8 Å². The number of rotatable bonds is 0. The summed E-state index contributed by atoms with van der Waals surface area (Å²) in [5, 5.41) is 22.4. The second-order valence-corrected chi connectivity index (χ2v) is 7.74. The Bertz CT molecular complexity index is 675. The van der Waals surface area contributed by atoms with Gasteiger partial charge in [0.25, 0.3) is 0 Å². The van der Waals surface area contributed by atoms with Gasteiger partial charge in [-0.3, -0.25) is 0 Å². The van der Waals surface area contributed by atoms with Crippen LogP contribution >= 0.6 is 0 Å². The van der Waals surface area contributed by atoms with Gasteiger partial charge in [0.2, 0.25) is 0 Å². The summed E-state index contributed by atoms with van der Waals surface area (Å²) in [5.74, 6) is 0.935. The average molecular weight is 301 g/mol. The van der Waals surface area contributed by atoms with E-state index in [0.29, 0.717) is 12.8 Å². The number of nitrogens with zero attached hydrogens (tertiary/aromatic N) is 1. The Labute approximate surface area is 130 Å². The Hall–Kier alpha value is -1.10. The third kappa shape index (κ3) is 1.20. The molecule has 4 aliphatic rings. The number of piperidine rings is 1. The van der Waals surface area contributed by atoms with Crippen LogP contribution in [0.25, 0.3) is 0 Å². The molecule has 0 aromatic heterocycles. The van der Waals surface area contributed by atoms with E-state index in [2.05, 4.69) is 31.0 Å². The fourth-order valence-electron chi connectivity index (χ4n) is 5.87. The van der Waals surface area contributed by atoms with E-state index in [0.717, 1.165) is 30.7 Å². The number of ether oxygens (including phenoxy) is 1. The van der Waals surface area contributed by atoms with Crippen molar-refractivity contribution >= 4 is 0 Å². The summed E-state index contributed by atoms with van der Waals surface area (Å²) >= 11 is 0. The molecule has 4 nitrogen and oxygen atoms in total. The number of aryl methyl sites for hydroxylation is 1. The molecule has 3 unspecified atom stereocenters. The van der Waals surface area contributed by atoms with Gasteiger partial charge in [-0.05, 0) is 57.3 Å². The molecule has 1 saturated heterocycles. The van der Waals surface area contributed by atoms with E-state index in [1.165, 1.54) is 11.1 Å². The van der Waals surface area contributed by atoms with E-state index in [9.17, 15) is 10.2 Å². The molecule has 1 spiro atoms. The molecule has 118 valence electrons. The molecule has 1 aromatic rings. The standard InChI is InChI=1S/C18H23NO3/c1-10-3-4-11-9-13-18(21)6-5-12(20)16-17(18,7-8-19(13)2)14(11)15(10)22-16/h3-4,12-13,16,20-21H,5-9H2,1-2H3/t12?,13-,16?,17?,18-/m0/s1. The molecule has 4 heteroatoms. The van der Waals surface area contributed by atoms with E-state index < -0.39 is 17.1 Å². The van der Waals surface area contributed by atoms with Gasteiger partial charge in [0.05, 0.1) is 17.1 Å². The number of likely N-dealkylation sites (tertiary alicyclic amines) is 1. The van der Waals surface area contributed by atoms with Gasteiger partial charge in [-0.15, -0.1) is 0 Å². The normalized spacial score (nSPS) is 45.4. The minimum Gasteiger partial charge on any atom is -0.486 e. The average Bonchev–Trinajstić information content (AvgIpc) is 2.85. The van der Waals surface area contributed by atoms with Crippen LogP contribution in [0.2, 0.25) is 0 Å². The van der Waals surface area contributed by atoms with Crippen LogP contribution in [0, 0.1) is 6.92 Å². The number of hydrogen-bond acceptors (Lipinski definition) is 4. The summed E-state index contributed by atoms with van der Waals surface area (Å²) in [6.45, 7) is 3.02. The predicted octanol–water partition coefficient (Wildman–Crippen LogP) is 1.14. The molecular formula is C18H23NO3. The summed E-state index contributed by atoms with van der Waals surface area (Å²) in [6, 6.07) is 4.45. The maximum atomic E-state index is 11.8. The van der Waals surface area contributed by atoms with Crippen molar-refractivity contribution in [2.24, 2.45) is 0 Å². The minimum atomic E-state index is -0.782. The Morgan fingerprint density at radius 2 is 2.14 bits per heavy atom. The summed E-state index contributed by atoms with van der Waals surface area (Å²) in [7, 11) is 2.12. The molecule has 2 heterocycles. The number of benzene rings is 1. The maximum absolute atomic E-state index is 11.8. The number of aliphatic hydroxyl groups is 2. The van der Waals surface area contributed by atoms with Crippen LogP contribution in [0.15, 0.2) is 12.1 Å². The summed E-state index contributed by atoms with van der Waals surface area (Å²) in [6.07, 6.45) is 2.25. The van der Waals surface area contributed by atoms with E-state index in [4.69, 9.17) is 4.74 Å². The van der Waals surface area contributed by atoms with Crippen molar-refractivity contribution in [3.63, 3.8) is 0 Å². The molecule has 1 aromatic carbocycles. The fourth-order valence-corrected chi connectivity index (χ4v) is 5.87. The molecule has 2 bridgehead atoms. The van der Waals surface area contributed by atoms with Gasteiger partial charge >= 0.3 is 0 Å². The van der Waals surface area contributed by atoms with Crippen LogP contribution in [0.1, 0.15) is 36.0 Å². The van der Waals surface area contributed by atoms with Gasteiger partial charge in [-0.1, -0.05) is 12.1 Å². The number of aliphatic hydroxyl groups excluding tert-OH is 1. The van der Waals surface area contributed by atoms with E-state index in [1.54, 1.807) is 0 Å². The number of likely N-dealkylation sites (N-methyl/N-ethyl adjacent to an activating group) is 1. The van der Waals surface area contributed by atoms with Gasteiger partial charge in [0, 0.05) is 11.6 Å². The fraction of sp³-hybridized carbons (Fsp3) is 0.667. The van der Waals surface area contributed by atoms with E-state index in [1.807, 2.05) is 0 Å². The van der Waals surface area contributed by atoms with Crippen molar-refractivity contribution in [1.29, 1.82) is 0 Å².